The Morgan fingerprint density at radius 3 is 2.97 bits per heavy atom. The lowest BCUT2D eigenvalue weighted by atomic mass is 9.89. The number of benzene rings is 2. The van der Waals surface area contributed by atoms with Crippen LogP contribution in [0.5, 0.6) is 5.75 Å². The minimum Gasteiger partial charge on any atom is -0.492 e. The summed E-state index contributed by atoms with van der Waals surface area (Å²) in [5.74, 6) is 1.60. The third-order valence-corrected chi connectivity index (χ3v) is 7.55. The van der Waals surface area contributed by atoms with E-state index in [2.05, 4.69) is 46.0 Å². The molecule has 2 aromatic rings. The molecule has 0 N–H and O–H groups in total. The van der Waals surface area contributed by atoms with E-state index < -0.39 is 0 Å². The first-order valence-electron chi connectivity index (χ1n) is 11.3. The lowest BCUT2D eigenvalue weighted by Gasteiger charge is -2.41. The molecule has 1 saturated heterocycles. The van der Waals surface area contributed by atoms with Crippen LogP contribution in [0.2, 0.25) is 0 Å². The maximum atomic E-state index is 12.9. The predicted molar refractivity (Wildman–Crippen MR) is 119 cm³/mol. The molecule has 0 bridgehead atoms. The van der Waals surface area contributed by atoms with E-state index in [0.717, 1.165) is 50.5 Å². The second-order valence-electron chi connectivity index (χ2n) is 9.16. The van der Waals surface area contributed by atoms with Gasteiger partial charge in [-0.05, 0) is 29.7 Å². The van der Waals surface area contributed by atoms with Crippen molar-refractivity contribution in [1.29, 1.82) is 0 Å². The first-order valence-corrected chi connectivity index (χ1v) is 11.3. The fourth-order valence-electron chi connectivity index (χ4n) is 6.01. The number of piperidine rings is 1. The fourth-order valence-corrected chi connectivity index (χ4v) is 6.01. The molecule has 30 heavy (non-hydrogen) atoms. The average molecular weight is 404 g/mol. The van der Waals surface area contributed by atoms with Gasteiger partial charge in [-0.2, -0.15) is 0 Å². The molecule has 2 atom stereocenters. The van der Waals surface area contributed by atoms with E-state index in [0.29, 0.717) is 25.0 Å². The van der Waals surface area contributed by atoms with Gasteiger partial charge >= 0.3 is 0 Å². The summed E-state index contributed by atoms with van der Waals surface area (Å²) in [6.45, 7) is 5.88. The molecule has 0 aromatic heterocycles. The molecule has 5 heteroatoms. The minimum absolute atomic E-state index is 0.214. The number of nitrogens with zero attached hydrogens (tertiary/aromatic N) is 3. The molecule has 156 valence electrons. The molecule has 0 saturated carbocycles. The van der Waals surface area contributed by atoms with Crippen molar-refractivity contribution in [3.63, 3.8) is 0 Å². The van der Waals surface area contributed by atoms with Gasteiger partial charge in [0, 0.05) is 64.6 Å². The van der Waals surface area contributed by atoms with E-state index in [1.807, 2.05) is 12.1 Å². The zero-order chi connectivity index (χ0) is 20.2. The zero-order valence-electron chi connectivity index (χ0n) is 17.6. The largest absolute Gasteiger partial charge is 0.492 e. The molecular weight excluding hydrogens is 374 g/mol. The van der Waals surface area contributed by atoms with Crippen LogP contribution in [0, 0.1) is 0 Å². The summed E-state index contributed by atoms with van der Waals surface area (Å²) in [7, 11) is 2.21. The van der Waals surface area contributed by atoms with Crippen molar-refractivity contribution >= 4 is 17.2 Å². The summed E-state index contributed by atoms with van der Waals surface area (Å²) in [6, 6.07) is 13.4. The average Bonchev–Trinajstić information content (AvgIpc) is 3.38. The maximum Gasteiger partial charge on any atom is 0.167 e. The summed E-state index contributed by atoms with van der Waals surface area (Å²) >= 11 is 0. The van der Waals surface area contributed by atoms with Gasteiger partial charge in [-0.1, -0.05) is 24.3 Å². The van der Waals surface area contributed by atoms with Gasteiger partial charge in [-0.15, -0.1) is 0 Å². The first-order chi connectivity index (χ1) is 14.7. The molecule has 0 spiro atoms. The van der Waals surface area contributed by atoms with E-state index in [-0.39, 0.29) is 5.78 Å². The lowest BCUT2D eigenvalue weighted by molar-refractivity contribution is 0.0949. The van der Waals surface area contributed by atoms with Gasteiger partial charge in [0.1, 0.15) is 5.75 Å². The topological polar surface area (TPSA) is 36.0 Å². The van der Waals surface area contributed by atoms with Gasteiger partial charge in [-0.3, -0.25) is 4.79 Å². The van der Waals surface area contributed by atoms with Crippen LogP contribution in [0.15, 0.2) is 36.4 Å². The lowest BCUT2D eigenvalue weighted by Crippen LogP contribution is -2.49. The number of likely N-dealkylation sites (tertiary alicyclic amines) is 1. The van der Waals surface area contributed by atoms with Crippen molar-refractivity contribution in [3.05, 3.63) is 53.1 Å². The summed E-state index contributed by atoms with van der Waals surface area (Å²) in [5.41, 5.74) is 6.31. The van der Waals surface area contributed by atoms with Crippen molar-refractivity contribution in [2.45, 2.75) is 31.2 Å². The van der Waals surface area contributed by atoms with E-state index in [1.54, 1.807) is 0 Å². The summed E-state index contributed by atoms with van der Waals surface area (Å²) in [4.78, 5) is 20.5. The first kappa shape index (κ1) is 18.3. The number of likely N-dealkylation sites (N-methyl/N-ethyl adjacent to an activating group) is 1. The van der Waals surface area contributed by atoms with Crippen molar-refractivity contribution in [3.8, 4) is 5.75 Å². The van der Waals surface area contributed by atoms with E-state index >= 15 is 0 Å². The van der Waals surface area contributed by atoms with Gasteiger partial charge in [0.25, 0.3) is 0 Å². The summed E-state index contributed by atoms with van der Waals surface area (Å²) in [6.07, 6.45) is 2.66. The van der Waals surface area contributed by atoms with Crippen LogP contribution in [0.3, 0.4) is 0 Å². The summed E-state index contributed by atoms with van der Waals surface area (Å²) < 4.78 is 5.74. The van der Waals surface area contributed by atoms with Gasteiger partial charge in [-0.25, -0.2) is 0 Å². The highest BCUT2D eigenvalue weighted by atomic mass is 16.5. The number of hydrogen-bond donors (Lipinski definition) is 0. The van der Waals surface area contributed by atoms with E-state index in [4.69, 9.17) is 4.74 Å². The van der Waals surface area contributed by atoms with E-state index in [9.17, 15) is 4.79 Å². The van der Waals surface area contributed by atoms with Gasteiger partial charge in [0.15, 0.2) is 5.78 Å². The third-order valence-electron chi connectivity index (χ3n) is 7.55. The molecule has 1 fully saturated rings. The Kier molecular flexibility index (Phi) is 4.27. The zero-order valence-corrected chi connectivity index (χ0v) is 17.6. The SMILES string of the molecule is CN1CCN2c3c(cccc31)[C@@H]1CN(CCC(=O)c3cccc4c3OCC4)CC[C@@H]12. The second kappa shape index (κ2) is 7.02. The molecular formula is C25H29N3O2. The molecule has 2 aromatic carbocycles. The molecule has 6 rings (SSSR count). The number of fused-ring (bicyclic) bond motifs is 4. The normalized spacial score (nSPS) is 24.3. The highest BCUT2D eigenvalue weighted by Crippen LogP contribution is 2.50. The molecule has 4 heterocycles. The highest BCUT2D eigenvalue weighted by Gasteiger charge is 2.44. The fraction of sp³-hybridized carbons (Fsp3) is 0.480. The number of rotatable bonds is 4. The predicted octanol–water partition coefficient (Wildman–Crippen LogP) is 3.32. The molecule has 0 unspecified atom stereocenters. The number of Topliss-reactive ketones (excluding diaryl/α,β-unsaturated/α-hetero) is 1. The summed E-state index contributed by atoms with van der Waals surface area (Å²) in [5, 5.41) is 0. The third kappa shape index (κ3) is 2.75. The van der Waals surface area contributed by atoms with Crippen LogP contribution >= 0.6 is 0 Å². The number of para-hydroxylation sites is 2. The molecule has 4 aliphatic rings. The highest BCUT2D eigenvalue weighted by molar-refractivity contribution is 5.99. The Balaban J connectivity index is 1.17. The second-order valence-corrected chi connectivity index (χ2v) is 9.16. The molecule has 0 amide bonds. The minimum atomic E-state index is 0.214. The molecule has 0 radical (unpaired) electrons. The monoisotopic (exact) mass is 403 g/mol. The number of ether oxygens (including phenoxy) is 1. The number of carbonyl (C=O) groups is 1. The standard InChI is InChI=1S/C25H29N3O2/c1-26-13-14-28-21-8-11-27(16-20(21)18-5-3-7-22(26)24(18)28)12-9-23(29)19-6-2-4-17-10-15-30-25(17)19/h2-7,20-21H,8-16H2,1H3/t20-,21-/m0/s1. The smallest absolute Gasteiger partial charge is 0.167 e. The molecule has 4 aliphatic heterocycles. The Bertz CT molecular complexity index is 1000. The number of ketones is 1. The molecule has 0 aliphatic carbocycles. The number of hydrogen-bond acceptors (Lipinski definition) is 5. The van der Waals surface area contributed by atoms with Crippen LogP contribution < -0.4 is 14.5 Å². The molecule has 5 nitrogen and oxygen atoms in total. The van der Waals surface area contributed by atoms with Crippen LogP contribution in [0.25, 0.3) is 0 Å². The van der Waals surface area contributed by atoms with Gasteiger partial charge in [0.2, 0.25) is 0 Å². The number of anilines is 2. The van der Waals surface area contributed by atoms with Crippen LogP contribution in [0.1, 0.15) is 40.2 Å². The van der Waals surface area contributed by atoms with Crippen molar-refractivity contribution in [1.82, 2.24) is 4.90 Å². The van der Waals surface area contributed by atoms with Crippen LogP contribution in [-0.2, 0) is 6.42 Å². The Morgan fingerprint density at radius 1 is 1.13 bits per heavy atom. The quantitative estimate of drug-likeness (QED) is 0.732. The van der Waals surface area contributed by atoms with Gasteiger partial charge < -0.3 is 19.4 Å². The van der Waals surface area contributed by atoms with Crippen molar-refractivity contribution < 1.29 is 9.53 Å². The Morgan fingerprint density at radius 2 is 2.03 bits per heavy atom. The Labute approximate surface area is 178 Å². The van der Waals surface area contributed by atoms with Crippen LogP contribution in [-0.4, -0.2) is 63.1 Å². The van der Waals surface area contributed by atoms with Crippen molar-refractivity contribution in [2.24, 2.45) is 0 Å². The van der Waals surface area contributed by atoms with Crippen molar-refractivity contribution in [2.75, 3.05) is 56.2 Å². The number of carbonyl (C=O) groups excluding carboxylic acids is 1. The van der Waals surface area contributed by atoms with Gasteiger partial charge in [0.05, 0.1) is 23.5 Å². The maximum absolute atomic E-state index is 12.9. The Hall–Kier alpha value is -2.53. The van der Waals surface area contributed by atoms with Crippen LogP contribution in [0.4, 0.5) is 11.4 Å². The van der Waals surface area contributed by atoms with E-state index in [1.165, 1.54) is 28.9 Å².